The van der Waals surface area contributed by atoms with Gasteiger partial charge in [0, 0.05) is 18.9 Å². The quantitative estimate of drug-likeness (QED) is 0.628. The molecule has 1 saturated carbocycles. The minimum Gasteiger partial charge on any atom is -0.398 e. The van der Waals surface area contributed by atoms with E-state index in [-0.39, 0.29) is 22.6 Å². The molecule has 1 aliphatic carbocycles. The number of Topliss-reactive ketones (excluding diaryl/α,β-unsaturated/α-hetero) is 2. The van der Waals surface area contributed by atoms with Crippen molar-refractivity contribution >= 4 is 28.2 Å². The van der Waals surface area contributed by atoms with Crippen molar-refractivity contribution in [2.45, 2.75) is 32.1 Å². The van der Waals surface area contributed by atoms with E-state index >= 15 is 0 Å². The Morgan fingerprint density at radius 1 is 1.52 bits per heavy atom. The molecule has 0 spiro atoms. The lowest BCUT2D eigenvalue weighted by Crippen LogP contribution is -2.36. The number of nitrogen functional groups attached to an aromatic ring is 1. The highest BCUT2D eigenvalue weighted by Gasteiger charge is 2.30. The van der Waals surface area contributed by atoms with Gasteiger partial charge in [-0.2, -0.15) is 0 Å². The van der Waals surface area contributed by atoms with Crippen LogP contribution in [0.2, 0.25) is 0 Å². The summed E-state index contributed by atoms with van der Waals surface area (Å²) < 4.78 is 55.1. The molecule has 1 aromatic heterocycles. The number of nitrogens with zero attached hydrogens (tertiary/aromatic N) is 2. The van der Waals surface area contributed by atoms with Gasteiger partial charge in [0.15, 0.2) is 5.78 Å². The first-order valence-electron chi connectivity index (χ1n) is 9.59. The second-order valence-corrected chi connectivity index (χ2v) is 4.57. The zero-order chi connectivity index (χ0) is 21.2. The van der Waals surface area contributed by atoms with Crippen LogP contribution >= 0.6 is 0 Å². The van der Waals surface area contributed by atoms with Crippen molar-refractivity contribution in [3.05, 3.63) is 34.4 Å². The van der Waals surface area contributed by atoms with Gasteiger partial charge in [0.2, 0.25) is 0 Å². The van der Waals surface area contributed by atoms with Crippen LogP contribution in [0.4, 0.5) is 5.69 Å². The monoisotopic (exact) mass is 292 g/mol. The number of carbonyl (C=O) groups is 2. The lowest BCUT2D eigenvalue weighted by molar-refractivity contribution is -0.132. The van der Waals surface area contributed by atoms with E-state index in [1.165, 1.54) is 0 Å². The van der Waals surface area contributed by atoms with E-state index in [0.717, 1.165) is 12.1 Å². The molecule has 0 amide bonds. The highest BCUT2D eigenvalue weighted by molar-refractivity contribution is 6.03. The number of aromatic nitrogens is 2. The normalized spacial score (nSPS) is 30.6. The van der Waals surface area contributed by atoms with Gasteiger partial charge in [0.05, 0.1) is 26.1 Å². The number of hydrogen-bond donors (Lipinski definition) is 1. The molecule has 0 saturated heterocycles. The Balaban J connectivity index is 2.46. The molecular formula is C15H15N3O3. The SMILES string of the molecule is [2H]c1cc(N)c2c(=O)n(C3([2H])CC([2H])([2H])C(=O)CC3=O)c(C([2H])([2H])[2H])nc2c1. The molecule has 1 aliphatic rings. The van der Waals surface area contributed by atoms with Crippen molar-refractivity contribution in [2.24, 2.45) is 0 Å². The number of rotatable bonds is 1. The molecule has 21 heavy (non-hydrogen) atoms. The lowest BCUT2D eigenvalue weighted by atomic mass is 9.92. The molecule has 0 aliphatic heterocycles. The van der Waals surface area contributed by atoms with Crippen LogP contribution in [0.1, 0.15) is 40.7 Å². The summed E-state index contributed by atoms with van der Waals surface area (Å²) in [6.07, 6.45) is -4.60. The van der Waals surface area contributed by atoms with E-state index in [1.54, 1.807) is 0 Å². The Hall–Kier alpha value is -2.50. The molecule has 0 radical (unpaired) electrons. The van der Waals surface area contributed by atoms with E-state index in [1.807, 2.05) is 0 Å². The summed E-state index contributed by atoms with van der Waals surface area (Å²) in [6.45, 7) is -3.04. The number of fused-ring (bicyclic) bond motifs is 1. The Labute approximate surface area is 130 Å². The van der Waals surface area contributed by atoms with Gasteiger partial charge in [-0.25, -0.2) is 4.98 Å². The maximum Gasteiger partial charge on any atom is 0.264 e. The van der Waals surface area contributed by atoms with Crippen LogP contribution in [0.15, 0.2) is 23.0 Å². The Kier molecular flexibility index (Phi) is 1.71. The van der Waals surface area contributed by atoms with Crippen LogP contribution in [-0.2, 0) is 9.59 Å². The van der Waals surface area contributed by atoms with E-state index in [0.29, 0.717) is 4.57 Å². The fraction of sp³-hybridized carbons (Fsp3) is 0.333. The second kappa shape index (κ2) is 4.80. The Morgan fingerprint density at radius 2 is 2.33 bits per heavy atom. The zero-order valence-electron chi connectivity index (χ0n) is 17.8. The predicted molar refractivity (Wildman–Crippen MR) is 78.1 cm³/mol. The lowest BCUT2D eigenvalue weighted by Gasteiger charge is -2.24. The van der Waals surface area contributed by atoms with Crippen molar-refractivity contribution in [3.63, 3.8) is 0 Å². The fourth-order valence-corrected chi connectivity index (χ4v) is 2.24. The third kappa shape index (κ3) is 2.12. The number of nitrogens with two attached hydrogens (primary N) is 1. The number of carbonyl (C=O) groups excluding carboxylic acids is 2. The molecule has 1 aromatic carbocycles. The molecule has 1 heterocycles. The minimum atomic E-state index is -3.04. The standard InChI is InChI=1S/C15H15N3O3/c1-8-17-11-4-2-3-10(16)14(11)15(21)18(8)12-6-5-9(19)7-13(12)20/h2-4,12H,5-7,16H2,1H3/i1D3,2D,5D2,12D. The summed E-state index contributed by atoms with van der Waals surface area (Å²) in [5, 5.41) is -0.291. The Morgan fingerprint density at radius 3 is 3.10 bits per heavy atom. The minimum absolute atomic E-state index is 0.123. The molecular weight excluding hydrogens is 270 g/mol. The number of benzene rings is 1. The first-order valence-corrected chi connectivity index (χ1v) is 6.09. The molecule has 0 bridgehead atoms. The highest BCUT2D eigenvalue weighted by atomic mass is 16.2. The van der Waals surface area contributed by atoms with Crippen molar-refractivity contribution in [1.29, 1.82) is 0 Å². The number of hydrogen-bond acceptors (Lipinski definition) is 5. The van der Waals surface area contributed by atoms with Gasteiger partial charge in [0.25, 0.3) is 5.56 Å². The number of ketones is 2. The van der Waals surface area contributed by atoms with Crippen molar-refractivity contribution < 1.29 is 19.2 Å². The molecule has 2 aromatic rings. The summed E-state index contributed by atoms with van der Waals surface area (Å²) in [5.74, 6) is -3.07. The smallest absolute Gasteiger partial charge is 0.264 e. The summed E-state index contributed by atoms with van der Waals surface area (Å²) in [6, 6.07) is -0.560. The average molecular weight is 292 g/mol. The van der Waals surface area contributed by atoms with Gasteiger partial charge in [-0.05, 0) is 25.4 Å². The summed E-state index contributed by atoms with van der Waals surface area (Å²) >= 11 is 0. The summed E-state index contributed by atoms with van der Waals surface area (Å²) in [4.78, 5) is 41.3. The summed E-state index contributed by atoms with van der Waals surface area (Å²) in [5.41, 5.74) is 4.27. The molecule has 108 valence electrons. The molecule has 6 nitrogen and oxygen atoms in total. The van der Waals surface area contributed by atoms with Gasteiger partial charge in [0.1, 0.15) is 11.6 Å². The van der Waals surface area contributed by atoms with E-state index in [2.05, 4.69) is 4.98 Å². The van der Waals surface area contributed by atoms with E-state index in [9.17, 15) is 14.4 Å². The van der Waals surface area contributed by atoms with E-state index in [4.69, 9.17) is 15.3 Å². The van der Waals surface area contributed by atoms with Crippen molar-refractivity contribution in [3.8, 4) is 0 Å². The topological polar surface area (TPSA) is 95.0 Å². The molecule has 6 heteroatoms. The molecule has 3 rings (SSSR count). The third-order valence-electron chi connectivity index (χ3n) is 3.22. The second-order valence-electron chi connectivity index (χ2n) is 4.57. The van der Waals surface area contributed by atoms with Gasteiger partial charge in [-0.15, -0.1) is 0 Å². The number of anilines is 1. The van der Waals surface area contributed by atoms with E-state index < -0.39 is 55.0 Å². The summed E-state index contributed by atoms with van der Waals surface area (Å²) in [7, 11) is 0. The maximum absolute atomic E-state index is 13.1. The van der Waals surface area contributed by atoms with Crippen LogP contribution < -0.4 is 11.3 Å². The van der Waals surface area contributed by atoms with Crippen LogP contribution in [-0.4, -0.2) is 21.1 Å². The largest absolute Gasteiger partial charge is 0.398 e. The highest BCUT2D eigenvalue weighted by Crippen LogP contribution is 2.24. The van der Waals surface area contributed by atoms with Crippen LogP contribution in [0, 0.1) is 6.85 Å². The molecule has 2 N–H and O–H groups in total. The molecule has 1 fully saturated rings. The Bertz CT molecular complexity index is 1090. The first-order chi connectivity index (χ1) is 12.7. The van der Waals surface area contributed by atoms with Gasteiger partial charge in [-0.1, -0.05) is 6.04 Å². The zero-order valence-corrected chi connectivity index (χ0v) is 10.8. The van der Waals surface area contributed by atoms with Gasteiger partial charge >= 0.3 is 0 Å². The molecule has 1 unspecified atom stereocenters. The average Bonchev–Trinajstić information content (AvgIpc) is 2.50. The van der Waals surface area contributed by atoms with Crippen LogP contribution in [0.5, 0.6) is 0 Å². The number of aryl methyl sites for hydroxylation is 1. The first kappa shape index (κ1) is 7.49. The fourth-order valence-electron chi connectivity index (χ4n) is 2.24. The van der Waals surface area contributed by atoms with Crippen molar-refractivity contribution in [1.82, 2.24) is 9.55 Å². The maximum atomic E-state index is 13.1. The van der Waals surface area contributed by atoms with Crippen LogP contribution in [0.3, 0.4) is 0 Å². The van der Waals surface area contributed by atoms with Crippen molar-refractivity contribution in [2.75, 3.05) is 5.73 Å². The predicted octanol–water partition coefficient (Wildman–Crippen LogP) is 1.15. The third-order valence-corrected chi connectivity index (χ3v) is 3.22. The molecule has 1 atom stereocenters. The van der Waals surface area contributed by atoms with Crippen LogP contribution in [0.25, 0.3) is 10.9 Å². The van der Waals surface area contributed by atoms with Gasteiger partial charge in [-0.3, -0.25) is 19.0 Å². The van der Waals surface area contributed by atoms with Gasteiger partial charge < -0.3 is 5.73 Å².